The van der Waals surface area contributed by atoms with Crippen LogP contribution in [-0.4, -0.2) is 36.9 Å². The maximum atomic E-state index is 13.4. The van der Waals surface area contributed by atoms with Crippen molar-refractivity contribution in [1.82, 2.24) is 0 Å². The third-order valence-corrected chi connectivity index (χ3v) is 6.86. The standard InChI is InChI=1S/C31H36O7/c1-6-31(5,20-30(3,4)28(34)37-16-15-36-27(33)17-21(2)32)29(35)38-19-26-24-13-9-7-11-22(24)18-23-12-8-10-14-25(23)26/h7-14,18H,6,15-17,19-20H2,1-5H3. The van der Waals surface area contributed by atoms with Crippen molar-refractivity contribution >= 4 is 45.2 Å². The van der Waals surface area contributed by atoms with Gasteiger partial charge in [-0.15, -0.1) is 0 Å². The van der Waals surface area contributed by atoms with Crippen LogP contribution in [0.2, 0.25) is 0 Å². The molecule has 3 rings (SSSR count). The Morgan fingerprint density at radius 2 is 1.32 bits per heavy atom. The molecule has 0 heterocycles. The lowest BCUT2D eigenvalue weighted by atomic mass is 9.72. The number of fused-ring (bicyclic) bond motifs is 2. The van der Waals surface area contributed by atoms with Crippen molar-refractivity contribution in [2.24, 2.45) is 10.8 Å². The first-order valence-corrected chi connectivity index (χ1v) is 12.9. The van der Waals surface area contributed by atoms with E-state index in [-0.39, 0.29) is 44.4 Å². The average molecular weight is 521 g/mol. The van der Waals surface area contributed by atoms with Crippen LogP contribution >= 0.6 is 0 Å². The summed E-state index contributed by atoms with van der Waals surface area (Å²) in [7, 11) is 0. The lowest BCUT2D eigenvalue weighted by molar-refractivity contribution is -0.166. The highest BCUT2D eigenvalue weighted by Crippen LogP contribution is 2.39. The second-order valence-electron chi connectivity index (χ2n) is 10.6. The minimum atomic E-state index is -0.987. The largest absolute Gasteiger partial charge is 0.462 e. The van der Waals surface area contributed by atoms with E-state index in [1.54, 1.807) is 20.8 Å². The number of esters is 3. The van der Waals surface area contributed by atoms with E-state index in [4.69, 9.17) is 14.2 Å². The fraction of sp³-hybridized carbons (Fsp3) is 0.419. The minimum absolute atomic E-state index is 0.118. The van der Waals surface area contributed by atoms with E-state index in [1.165, 1.54) is 6.92 Å². The number of ketones is 1. The Hall–Kier alpha value is -3.74. The van der Waals surface area contributed by atoms with Gasteiger partial charge in [-0.2, -0.15) is 0 Å². The number of benzene rings is 3. The van der Waals surface area contributed by atoms with Crippen molar-refractivity contribution < 1.29 is 33.4 Å². The minimum Gasteiger partial charge on any atom is -0.462 e. The highest BCUT2D eigenvalue weighted by Gasteiger charge is 2.43. The second kappa shape index (κ2) is 12.2. The monoisotopic (exact) mass is 520 g/mol. The van der Waals surface area contributed by atoms with E-state index in [2.05, 4.69) is 6.07 Å². The van der Waals surface area contributed by atoms with E-state index >= 15 is 0 Å². The molecule has 0 radical (unpaired) electrons. The molecule has 1 atom stereocenters. The Balaban J connectivity index is 1.67. The summed E-state index contributed by atoms with van der Waals surface area (Å²) in [5, 5.41) is 4.22. The van der Waals surface area contributed by atoms with Gasteiger partial charge in [-0.05, 0) is 68.1 Å². The van der Waals surface area contributed by atoms with E-state index in [1.807, 2.05) is 55.5 Å². The molecule has 3 aromatic rings. The molecule has 0 fully saturated rings. The van der Waals surface area contributed by atoms with Crippen LogP contribution in [0.1, 0.15) is 59.4 Å². The first-order chi connectivity index (χ1) is 18.0. The molecule has 0 N–H and O–H groups in total. The molecule has 0 saturated heterocycles. The van der Waals surface area contributed by atoms with Gasteiger partial charge in [0.1, 0.15) is 32.0 Å². The SMILES string of the molecule is CCC(C)(CC(C)(C)C(=O)OCCOC(=O)CC(C)=O)C(=O)OCc1c2ccccc2cc2ccccc12. The lowest BCUT2D eigenvalue weighted by Crippen LogP contribution is -2.39. The molecule has 0 aromatic heterocycles. The van der Waals surface area contributed by atoms with Crippen LogP contribution in [0.5, 0.6) is 0 Å². The summed E-state index contributed by atoms with van der Waals surface area (Å²) in [6, 6.07) is 18.2. The maximum Gasteiger partial charge on any atom is 0.313 e. The average Bonchev–Trinajstić information content (AvgIpc) is 2.87. The summed E-state index contributed by atoms with van der Waals surface area (Å²) in [6.07, 6.45) is 0.376. The summed E-state index contributed by atoms with van der Waals surface area (Å²) >= 11 is 0. The molecule has 0 saturated carbocycles. The van der Waals surface area contributed by atoms with E-state index < -0.39 is 22.8 Å². The van der Waals surface area contributed by atoms with E-state index in [9.17, 15) is 19.2 Å². The van der Waals surface area contributed by atoms with Crippen LogP contribution in [0.15, 0.2) is 54.6 Å². The highest BCUT2D eigenvalue weighted by atomic mass is 16.6. The number of carbonyl (C=O) groups is 4. The number of Topliss-reactive ketones (excluding diaryl/α,β-unsaturated/α-hetero) is 1. The summed E-state index contributed by atoms with van der Waals surface area (Å²) in [4.78, 5) is 48.6. The van der Waals surface area contributed by atoms with Crippen LogP contribution in [0.3, 0.4) is 0 Å². The smallest absolute Gasteiger partial charge is 0.313 e. The van der Waals surface area contributed by atoms with Crippen molar-refractivity contribution in [3.05, 3.63) is 60.2 Å². The molecule has 0 aliphatic heterocycles. The number of rotatable bonds is 12. The summed E-state index contributed by atoms with van der Waals surface area (Å²) in [6.45, 7) is 8.27. The fourth-order valence-corrected chi connectivity index (χ4v) is 4.70. The zero-order chi connectivity index (χ0) is 27.9. The Bertz CT molecular complexity index is 1290. The van der Waals surface area contributed by atoms with Gasteiger partial charge in [-0.3, -0.25) is 19.2 Å². The van der Waals surface area contributed by atoms with Crippen LogP contribution in [-0.2, 0) is 40.0 Å². The second-order valence-corrected chi connectivity index (χ2v) is 10.6. The highest BCUT2D eigenvalue weighted by molar-refractivity contribution is 6.02. The van der Waals surface area contributed by atoms with Crippen molar-refractivity contribution in [2.45, 2.75) is 60.5 Å². The Morgan fingerprint density at radius 3 is 1.87 bits per heavy atom. The maximum absolute atomic E-state index is 13.4. The van der Waals surface area contributed by atoms with E-state index in [0.29, 0.717) is 6.42 Å². The van der Waals surface area contributed by atoms with Gasteiger partial charge >= 0.3 is 17.9 Å². The number of hydrogen-bond acceptors (Lipinski definition) is 7. The molecular formula is C31H36O7. The normalized spacial score (nSPS) is 13.1. The van der Waals surface area contributed by atoms with Gasteiger partial charge in [0.05, 0.1) is 10.8 Å². The first kappa shape index (κ1) is 28.8. The zero-order valence-corrected chi connectivity index (χ0v) is 22.8. The Labute approximate surface area is 223 Å². The predicted octanol–water partition coefficient (Wildman–Crippen LogP) is 5.93. The molecule has 3 aromatic carbocycles. The molecule has 0 aliphatic rings. The molecule has 0 amide bonds. The quantitative estimate of drug-likeness (QED) is 0.0959. The molecule has 0 spiro atoms. The Kier molecular flexibility index (Phi) is 9.26. The summed E-state index contributed by atoms with van der Waals surface area (Å²) < 4.78 is 16.1. The summed E-state index contributed by atoms with van der Waals surface area (Å²) in [5.74, 6) is -1.84. The molecule has 7 heteroatoms. The topological polar surface area (TPSA) is 96.0 Å². The molecule has 202 valence electrons. The van der Waals surface area contributed by atoms with Crippen LogP contribution in [0, 0.1) is 10.8 Å². The first-order valence-electron chi connectivity index (χ1n) is 12.9. The van der Waals surface area contributed by atoms with Crippen molar-refractivity contribution in [3.63, 3.8) is 0 Å². The third kappa shape index (κ3) is 6.97. The van der Waals surface area contributed by atoms with Gasteiger partial charge < -0.3 is 14.2 Å². The fourth-order valence-electron chi connectivity index (χ4n) is 4.70. The molecule has 0 aliphatic carbocycles. The summed E-state index contributed by atoms with van der Waals surface area (Å²) in [5.41, 5.74) is -0.959. The molecule has 1 unspecified atom stereocenters. The third-order valence-electron chi connectivity index (χ3n) is 6.86. The van der Waals surface area contributed by atoms with Gasteiger partial charge in [0.15, 0.2) is 0 Å². The number of carbonyl (C=O) groups excluding carboxylic acids is 4. The van der Waals surface area contributed by atoms with Crippen LogP contribution in [0.25, 0.3) is 21.5 Å². The van der Waals surface area contributed by atoms with Gasteiger partial charge in [0.25, 0.3) is 0 Å². The van der Waals surface area contributed by atoms with Gasteiger partial charge in [-0.1, -0.05) is 55.5 Å². The molecule has 38 heavy (non-hydrogen) atoms. The number of ether oxygens (including phenoxy) is 3. The van der Waals surface area contributed by atoms with Gasteiger partial charge in [0, 0.05) is 5.56 Å². The van der Waals surface area contributed by atoms with Crippen molar-refractivity contribution in [3.8, 4) is 0 Å². The Morgan fingerprint density at radius 1 is 0.763 bits per heavy atom. The molecule has 0 bridgehead atoms. The molecular weight excluding hydrogens is 484 g/mol. The van der Waals surface area contributed by atoms with Crippen LogP contribution in [0.4, 0.5) is 0 Å². The zero-order valence-electron chi connectivity index (χ0n) is 22.8. The van der Waals surface area contributed by atoms with Crippen LogP contribution < -0.4 is 0 Å². The van der Waals surface area contributed by atoms with Crippen molar-refractivity contribution in [2.75, 3.05) is 13.2 Å². The van der Waals surface area contributed by atoms with Gasteiger partial charge in [-0.25, -0.2) is 0 Å². The lowest BCUT2D eigenvalue weighted by Gasteiger charge is -2.33. The number of hydrogen-bond donors (Lipinski definition) is 0. The van der Waals surface area contributed by atoms with E-state index in [0.717, 1.165) is 27.1 Å². The predicted molar refractivity (Wildman–Crippen MR) is 145 cm³/mol. The van der Waals surface area contributed by atoms with Crippen molar-refractivity contribution in [1.29, 1.82) is 0 Å². The molecule has 7 nitrogen and oxygen atoms in total. The van der Waals surface area contributed by atoms with Gasteiger partial charge in [0.2, 0.25) is 0 Å².